The maximum atomic E-state index is 12.9. The molecule has 0 saturated carbocycles. The molecule has 1 aliphatic rings. The number of hydrogen-bond acceptors (Lipinski definition) is 3. The molecule has 1 amide bonds. The first-order valence-corrected chi connectivity index (χ1v) is 9.98. The smallest absolute Gasteiger partial charge is 0.227 e. The van der Waals surface area contributed by atoms with Crippen LogP contribution in [0.5, 0.6) is 0 Å². The lowest BCUT2D eigenvalue weighted by atomic mass is 10.0. The number of likely N-dealkylation sites (tertiary alicyclic amines) is 1. The third-order valence-corrected chi connectivity index (χ3v) is 5.92. The molecule has 1 aromatic heterocycles. The van der Waals surface area contributed by atoms with E-state index in [0.29, 0.717) is 22.5 Å². The van der Waals surface area contributed by atoms with Crippen LogP contribution in [0, 0.1) is 13.8 Å². The second kappa shape index (κ2) is 8.21. The summed E-state index contributed by atoms with van der Waals surface area (Å²) in [5.41, 5.74) is 3.53. The normalized spacial score (nSPS) is 17.6. The zero-order chi connectivity index (χ0) is 19.7. The number of piperidine rings is 1. The van der Waals surface area contributed by atoms with E-state index in [9.17, 15) is 4.79 Å². The van der Waals surface area contributed by atoms with Gasteiger partial charge < -0.3 is 9.80 Å². The summed E-state index contributed by atoms with van der Waals surface area (Å²) in [6.07, 6.45) is 2.55. The van der Waals surface area contributed by atoms with Crippen molar-refractivity contribution in [2.24, 2.45) is 0 Å². The first kappa shape index (κ1) is 20.2. The molecule has 27 heavy (non-hydrogen) atoms. The first-order chi connectivity index (χ1) is 12.8. The van der Waals surface area contributed by atoms with E-state index >= 15 is 0 Å². The van der Waals surface area contributed by atoms with Crippen molar-refractivity contribution in [3.8, 4) is 5.69 Å². The number of aromatic nitrogens is 2. The lowest BCUT2D eigenvalue weighted by Crippen LogP contribution is -2.48. The first-order valence-electron chi connectivity index (χ1n) is 9.22. The number of amides is 1. The van der Waals surface area contributed by atoms with E-state index in [2.05, 4.69) is 24.1 Å². The van der Waals surface area contributed by atoms with Gasteiger partial charge in [0.05, 0.1) is 22.8 Å². The molecule has 0 N–H and O–H groups in total. The molecule has 5 nitrogen and oxygen atoms in total. The molecule has 2 heterocycles. The molecule has 0 spiro atoms. The van der Waals surface area contributed by atoms with Crippen LogP contribution in [0.15, 0.2) is 18.2 Å². The maximum absolute atomic E-state index is 12.9. The van der Waals surface area contributed by atoms with Crippen LogP contribution in [0.4, 0.5) is 0 Å². The Kier molecular flexibility index (Phi) is 6.14. The summed E-state index contributed by atoms with van der Waals surface area (Å²) >= 11 is 12.3. The molecule has 1 saturated heterocycles. The summed E-state index contributed by atoms with van der Waals surface area (Å²) in [6.45, 7) is 5.54. The molecule has 0 aliphatic carbocycles. The van der Waals surface area contributed by atoms with E-state index in [4.69, 9.17) is 23.2 Å². The largest absolute Gasteiger partial charge is 0.341 e. The number of carbonyl (C=O) groups is 1. The van der Waals surface area contributed by atoms with E-state index in [0.717, 1.165) is 48.6 Å². The minimum Gasteiger partial charge on any atom is -0.341 e. The van der Waals surface area contributed by atoms with Gasteiger partial charge in [0.15, 0.2) is 0 Å². The quantitative estimate of drug-likeness (QED) is 0.770. The van der Waals surface area contributed by atoms with Gasteiger partial charge in [-0.1, -0.05) is 23.2 Å². The van der Waals surface area contributed by atoms with Crippen molar-refractivity contribution in [1.29, 1.82) is 0 Å². The fraction of sp³-hybridized carbons (Fsp3) is 0.500. The number of likely N-dealkylation sites (N-methyl/N-ethyl adjacent to an activating group) is 1. The van der Waals surface area contributed by atoms with Crippen molar-refractivity contribution in [3.63, 3.8) is 0 Å². The van der Waals surface area contributed by atoms with Gasteiger partial charge in [0.2, 0.25) is 5.91 Å². The van der Waals surface area contributed by atoms with Crippen LogP contribution in [0.25, 0.3) is 5.69 Å². The van der Waals surface area contributed by atoms with Crippen molar-refractivity contribution < 1.29 is 4.79 Å². The third-order valence-electron chi connectivity index (χ3n) is 5.39. The third kappa shape index (κ3) is 4.31. The lowest BCUT2D eigenvalue weighted by molar-refractivity contribution is -0.132. The maximum Gasteiger partial charge on any atom is 0.227 e. The average molecular weight is 409 g/mol. The number of nitrogens with zero attached hydrogens (tertiary/aromatic N) is 4. The van der Waals surface area contributed by atoms with E-state index < -0.39 is 0 Å². The molecule has 3 rings (SSSR count). The number of halogens is 2. The highest BCUT2D eigenvalue weighted by molar-refractivity contribution is 6.35. The van der Waals surface area contributed by atoms with E-state index in [-0.39, 0.29) is 5.91 Å². The number of carbonyl (C=O) groups excluding carboxylic acids is 1. The summed E-state index contributed by atoms with van der Waals surface area (Å²) in [7, 11) is 4.15. The van der Waals surface area contributed by atoms with E-state index in [1.807, 2.05) is 24.8 Å². The topological polar surface area (TPSA) is 41.4 Å². The predicted molar refractivity (Wildman–Crippen MR) is 110 cm³/mol. The number of hydrogen-bond donors (Lipinski definition) is 0. The van der Waals surface area contributed by atoms with Crippen LogP contribution in [-0.2, 0) is 11.2 Å². The summed E-state index contributed by atoms with van der Waals surface area (Å²) in [6, 6.07) is 5.77. The molecule has 1 unspecified atom stereocenters. The van der Waals surface area contributed by atoms with E-state index in [1.54, 1.807) is 16.8 Å². The van der Waals surface area contributed by atoms with Crippen LogP contribution in [0.3, 0.4) is 0 Å². The number of benzene rings is 1. The van der Waals surface area contributed by atoms with Gasteiger partial charge >= 0.3 is 0 Å². The molecule has 7 heteroatoms. The van der Waals surface area contributed by atoms with Crippen LogP contribution < -0.4 is 0 Å². The highest BCUT2D eigenvalue weighted by Crippen LogP contribution is 2.27. The van der Waals surface area contributed by atoms with Crippen molar-refractivity contribution in [3.05, 3.63) is 45.2 Å². The van der Waals surface area contributed by atoms with Gasteiger partial charge in [0.1, 0.15) is 0 Å². The Bertz CT molecular complexity index is 847. The molecule has 146 valence electrons. The molecule has 1 aliphatic heterocycles. The fourth-order valence-corrected chi connectivity index (χ4v) is 4.17. The SMILES string of the molecule is Cc1nn(-c2ccc(Cl)cc2Cl)c(C)c1CC(=O)N1CCCC(N(C)C)C1. The molecule has 2 aromatic rings. The van der Waals surface area contributed by atoms with Gasteiger partial charge in [0, 0.05) is 35.4 Å². The van der Waals surface area contributed by atoms with Crippen molar-refractivity contribution in [2.75, 3.05) is 27.2 Å². The predicted octanol–water partition coefficient (Wildman–Crippen LogP) is 3.89. The summed E-state index contributed by atoms with van der Waals surface area (Å²) < 4.78 is 1.80. The summed E-state index contributed by atoms with van der Waals surface area (Å²) in [5, 5.41) is 5.74. The Morgan fingerprint density at radius 3 is 2.70 bits per heavy atom. The second-order valence-corrected chi connectivity index (χ2v) is 8.28. The Balaban J connectivity index is 1.81. The lowest BCUT2D eigenvalue weighted by Gasteiger charge is -2.36. The Hall–Kier alpha value is -1.56. The van der Waals surface area contributed by atoms with Crippen LogP contribution >= 0.6 is 23.2 Å². The van der Waals surface area contributed by atoms with Gasteiger partial charge in [-0.2, -0.15) is 5.10 Å². The number of aryl methyl sites for hydroxylation is 1. The van der Waals surface area contributed by atoms with Crippen LogP contribution in [0.1, 0.15) is 29.8 Å². The Morgan fingerprint density at radius 1 is 1.30 bits per heavy atom. The van der Waals surface area contributed by atoms with Crippen molar-refractivity contribution in [2.45, 2.75) is 39.2 Å². The molecule has 0 radical (unpaired) electrons. The number of rotatable bonds is 4. The minimum atomic E-state index is 0.162. The van der Waals surface area contributed by atoms with Gasteiger partial charge in [-0.05, 0) is 59.0 Å². The highest BCUT2D eigenvalue weighted by Gasteiger charge is 2.26. The average Bonchev–Trinajstić information content (AvgIpc) is 2.90. The Morgan fingerprint density at radius 2 is 2.04 bits per heavy atom. The van der Waals surface area contributed by atoms with Gasteiger partial charge in [-0.25, -0.2) is 4.68 Å². The van der Waals surface area contributed by atoms with E-state index in [1.165, 1.54) is 0 Å². The zero-order valence-corrected chi connectivity index (χ0v) is 17.8. The molecule has 1 fully saturated rings. The molecule has 0 bridgehead atoms. The minimum absolute atomic E-state index is 0.162. The summed E-state index contributed by atoms with van der Waals surface area (Å²) in [4.78, 5) is 17.1. The van der Waals surface area contributed by atoms with Gasteiger partial charge in [0.25, 0.3) is 0 Å². The molecular weight excluding hydrogens is 383 g/mol. The molecule has 1 atom stereocenters. The van der Waals surface area contributed by atoms with Gasteiger partial charge in [-0.15, -0.1) is 0 Å². The standard InChI is InChI=1S/C20H26Cl2N4O/c1-13-17(11-20(27)25-9-5-6-16(12-25)24(3)4)14(2)26(23-13)19-8-7-15(21)10-18(19)22/h7-8,10,16H,5-6,9,11-12H2,1-4H3. The molecular formula is C20H26Cl2N4O. The monoisotopic (exact) mass is 408 g/mol. The zero-order valence-electron chi connectivity index (χ0n) is 16.3. The fourth-order valence-electron chi connectivity index (χ4n) is 3.68. The summed E-state index contributed by atoms with van der Waals surface area (Å²) in [5.74, 6) is 0.162. The molecule has 1 aromatic carbocycles. The van der Waals surface area contributed by atoms with Gasteiger partial charge in [-0.3, -0.25) is 4.79 Å². The Labute approximate surface area is 170 Å². The van der Waals surface area contributed by atoms with Crippen molar-refractivity contribution >= 4 is 29.1 Å². The van der Waals surface area contributed by atoms with Crippen LogP contribution in [-0.4, -0.2) is 58.7 Å². The van der Waals surface area contributed by atoms with Crippen molar-refractivity contribution in [1.82, 2.24) is 19.6 Å². The highest BCUT2D eigenvalue weighted by atomic mass is 35.5. The van der Waals surface area contributed by atoms with Crippen LogP contribution in [0.2, 0.25) is 10.0 Å². The second-order valence-electron chi connectivity index (χ2n) is 7.43.